The van der Waals surface area contributed by atoms with Crippen molar-refractivity contribution in [2.75, 3.05) is 26.3 Å². The highest BCUT2D eigenvalue weighted by molar-refractivity contribution is 7.64. The van der Waals surface area contributed by atoms with Gasteiger partial charge in [-0.1, -0.05) is 125 Å². The number of hydrogen-bond donors (Lipinski definition) is 2. The Morgan fingerprint density at radius 1 is 0.574 bits per heavy atom. The van der Waals surface area contributed by atoms with Gasteiger partial charge in [-0.05, 0) is 69.2 Å². The zero-order valence-electron chi connectivity index (χ0n) is 31.3. The lowest BCUT2D eigenvalue weighted by molar-refractivity contribution is 0.137. The van der Waals surface area contributed by atoms with Crippen molar-refractivity contribution in [1.82, 2.24) is 10.6 Å². The molecule has 2 amide bonds. The molecule has 0 heterocycles. The van der Waals surface area contributed by atoms with Gasteiger partial charge in [-0.3, -0.25) is 0 Å². The first-order chi connectivity index (χ1) is 26.2. The van der Waals surface area contributed by atoms with E-state index in [1.807, 2.05) is 48.5 Å². The van der Waals surface area contributed by atoms with Crippen molar-refractivity contribution in [3.05, 3.63) is 129 Å². The van der Waals surface area contributed by atoms with Gasteiger partial charge >= 0.3 is 12.2 Å². The Kier molecular flexibility index (Phi) is 14.7. The summed E-state index contributed by atoms with van der Waals surface area (Å²) in [6, 6.07) is 33.0. The number of carbonyl (C=O) groups is 2. The van der Waals surface area contributed by atoms with Crippen molar-refractivity contribution < 1.29 is 19.1 Å². The van der Waals surface area contributed by atoms with Crippen LogP contribution in [0.25, 0.3) is 31.9 Å². The maximum Gasteiger partial charge on any atom is 0.407 e. The molecule has 0 fully saturated rings. The summed E-state index contributed by atoms with van der Waals surface area (Å²) in [6.45, 7) is 9.88. The van der Waals surface area contributed by atoms with Crippen LogP contribution < -0.4 is 10.6 Å². The summed E-state index contributed by atoms with van der Waals surface area (Å²) < 4.78 is 11.2. The first-order valence-corrected chi connectivity index (χ1v) is 19.3. The average molecular weight is 761 g/mol. The van der Waals surface area contributed by atoms with E-state index in [2.05, 4.69) is 133 Å². The number of ether oxygens (including phenoxy) is 2. The van der Waals surface area contributed by atoms with Gasteiger partial charge in [0.2, 0.25) is 0 Å². The summed E-state index contributed by atoms with van der Waals surface area (Å²) in [5, 5.41) is 10.5. The van der Waals surface area contributed by atoms with Gasteiger partial charge in [-0.25, -0.2) is 9.59 Å². The number of benzene rings is 4. The van der Waals surface area contributed by atoms with E-state index in [9.17, 15) is 9.59 Å². The Morgan fingerprint density at radius 2 is 0.870 bits per heavy atom. The van der Waals surface area contributed by atoms with E-state index >= 15 is 0 Å². The second-order valence-electron chi connectivity index (χ2n) is 14.5. The first kappa shape index (κ1) is 40.0. The molecule has 280 valence electrons. The van der Waals surface area contributed by atoms with E-state index in [0.717, 1.165) is 12.8 Å². The molecule has 0 unspecified atom stereocenters. The van der Waals surface area contributed by atoms with Gasteiger partial charge in [0.25, 0.3) is 13.1 Å². The molecule has 2 aliphatic carbocycles. The van der Waals surface area contributed by atoms with Crippen molar-refractivity contribution in [3.63, 3.8) is 0 Å². The van der Waals surface area contributed by atoms with E-state index in [-0.39, 0.29) is 23.9 Å². The van der Waals surface area contributed by atoms with Gasteiger partial charge < -0.3 is 45.4 Å². The lowest BCUT2D eigenvalue weighted by Crippen LogP contribution is -2.38. The van der Waals surface area contributed by atoms with Crippen molar-refractivity contribution in [2.45, 2.75) is 64.5 Å². The molecule has 4 aromatic rings. The van der Waals surface area contributed by atoms with Crippen LogP contribution >= 0.6 is 0 Å². The number of nitrogens with one attached hydrogen (secondary N) is 2. The monoisotopic (exact) mass is 760 g/mol. The Bertz CT molecular complexity index is 1790. The molecule has 54 heavy (non-hydrogen) atoms. The summed E-state index contributed by atoms with van der Waals surface area (Å²) in [7, 11) is 0. The van der Waals surface area contributed by atoms with E-state index in [1.165, 1.54) is 44.5 Å². The number of hydrogen-bond acceptors (Lipinski definition) is 6. The fourth-order valence-electron chi connectivity index (χ4n) is 7.40. The topological polar surface area (TPSA) is 85.4 Å². The second-order valence-corrected chi connectivity index (χ2v) is 14.8. The Morgan fingerprint density at radius 3 is 1.15 bits per heavy atom. The zero-order valence-corrected chi connectivity index (χ0v) is 32.9. The molecule has 0 bridgehead atoms. The van der Waals surface area contributed by atoms with Crippen molar-refractivity contribution in [2.24, 2.45) is 11.8 Å². The lowest BCUT2D eigenvalue weighted by atomic mass is 9.98. The van der Waals surface area contributed by atoms with Gasteiger partial charge in [0.15, 0.2) is 0 Å². The standard InChI is InChI=1S/2C22H24N2O2S/c2*1-15(2)11-16(12-23-14-27)24-22(25)26-13-21-19-9-5-3-7-17(19)18-8-4-6-10-20(18)21/h2*3-10,15-16,21H,11-13H2,1-2H3,(H,24,25)/t2*16-/m00/s1. The normalized spacial score (nSPS) is 13.3. The van der Waals surface area contributed by atoms with Crippen molar-refractivity contribution in [1.29, 1.82) is 0 Å². The molecule has 2 aliphatic rings. The molecule has 2 N–H and O–H groups in total. The van der Waals surface area contributed by atoms with Gasteiger partial charge in [0.1, 0.15) is 36.1 Å². The molecule has 0 saturated carbocycles. The smallest absolute Gasteiger partial charge is 0.407 e. The van der Waals surface area contributed by atoms with Crippen molar-refractivity contribution in [3.8, 4) is 33.1 Å². The molecule has 0 aromatic heterocycles. The van der Waals surface area contributed by atoms with Crippen LogP contribution in [0.15, 0.2) is 97.1 Å². The third kappa shape index (κ3) is 10.5. The maximum atomic E-state index is 12.4. The highest BCUT2D eigenvalue weighted by atomic mass is 32.1. The van der Waals surface area contributed by atoms with E-state index in [0.29, 0.717) is 38.1 Å². The van der Waals surface area contributed by atoms with Crippen LogP contribution in [0.5, 0.6) is 0 Å². The van der Waals surface area contributed by atoms with Crippen LogP contribution in [0, 0.1) is 22.6 Å². The third-order valence-corrected chi connectivity index (χ3v) is 9.85. The lowest BCUT2D eigenvalue weighted by Gasteiger charge is -2.17. The SMILES string of the molecule is CC(C)C[C@@H](C[N+]#C[S-])NC(=O)OCC1c2ccccc2-c2ccccc21.CC(C)C[C@@H](C[N+]#C[S-])NC(=O)OCC1c2ccccc2-c2ccccc21. The van der Waals surface area contributed by atoms with Crippen LogP contribution in [0.4, 0.5) is 9.59 Å². The van der Waals surface area contributed by atoms with Gasteiger partial charge in [-0.15, -0.1) is 9.69 Å². The van der Waals surface area contributed by atoms with Gasteiger partial charge in [0, 0.05) is 11.8 Å². The molecular formula is C44H48N4O4S2. The molecule has 0 saturated heterocycles. The van der Waals surface area contributed by atoms with Gasteiger partial charge in [0.05, 0.1) is 0 Å². The molecule has 0 radical (unpaired) electrons. The minimum atomic E-state index is -0.415. The predicted octanol–water partition coefficient (Wildman–Crippen LogP) is 9.55. The zero-order chi connectivity index (χ0) is 38.5. The average Bonchev–Trinajstić information content (AvgIpc) is 3.66. The second kappa shape index (κ2) is 19.8. The minimum Gasteiger partial charge on any atom is -0.643 e. The molecule has 0 aliphatic heterocycles. The number of fused-ring (bicyclic) bond motifs is 6. The fraction of sp³-hybridized carbons (Fsp3) is 0.364. The maximum absolute atomic E-state index is 12.4. The molecule has 6 rings (SSSR count). The molecule has 8 nitrogen and oxygen atoms in total. The Labute approximate surface area is 330 Å². The minimum absolute atomic E-state index is 0.0608. The van der Waals surface area contributed by atoms with Gasteiger partial charge in [-0.2, -0.15) is 0 Å². The van der Waals surface area contributed by atoms with Crippen LogP contribution in [-0.4, -0.2) is 50.6 Å². The van der Waals surface area contributed by atoms with Crippen LogP contribution in [0.1, 0.15) is 74.6 Å². The number of alkyl carbamates (subject to hydrolysis) is 2. The largest absolute Gasteiger partial charge is 0.643 e. The summed E-state index contributed by atoms with van der Waals surface area (Å²) >= 11 is 9.27. The highest BCUT2D eigenvalue weighted by Gasteiger charge is 2.31. The number of amides is 2. The molecular weight excluding hydrogens is 713 g/mol. The molecule has 0 spiro atoms. The number of rotatable bonds is 12. The Balaban J connectivity index is 0.000000208. The predicted molar refractivity (Wildman–Crippen MR) is 222 cm³/mol. The van der Waals surface area contributed by atoms with Crippen LogP contribution in [0.2, 0.25) is 0 Å². The Hall–Kier alpha value is -5.16. The first-order valence-electron chi connectivity index (χ1n) is 18.5. The number of thiocyanates is 2. The third-order valence-electron chi connectivity index (χ3n) is 9.60. The van der Waals surface area contributed by atoms with E-state index in [4.69, 9.17) is 9.47 Å². The van der Waals surface area contributed by atoms with Crippen molar-refractivity contribution >= 4 is 37.4 Å². The summed E-state index contributed by atoms with van der Waals surface area (Å²) in [4.78, 5) is 32.7. The van der Waals surface area contributed by atoms with Crippen LogP contribution in [0.3, 0.4) is 0 Å². The summed E-state index contributed by atoms with van der Waals surface area (Å²) in [5.41, 5.74) is 9.69. The summed E-state index contributed by atoms with van der Waals surface area (Å²) in [6.07, 6.45) is 0.791. The summed E-state index contributed by atoms with van der Waals surface area (Å²) in [5.74, 6) is 0.991. The molecule has 4 aromatic carbocycles. The highest BCUT2D eigenvalue weighted by Crippen LogP contribution is 2.45. The molecule has 10 heteroatoms. The number of carbonyl (C=O) groups excluding carboxylic acids is 2. The number of nitrogens with zero attached hydrogens (tertiary/aromatic N) is 2. The molecule has 2 atom stereocenters. The fourth-order valence-corrected chi connectivity index (χ4v) is 7.55. The quantitative estimate of drug-likeness (QED) is 0.111. The van der Waals surface area contributed by atoms with E-state index < -0.39 is 12.2 Å². The van der Waals surface area contributed by atoms with E-state index in [1.54, 1.807) is 0 Å². The van der Waals surface area contributed by atoms with Crippen LogP contribution in [-0.2, 0) is 34.7 Å².